The Hall–Kier alpha value is -2.64. The Bertz CT molecular complexity index is 1190. The molecule has 0 N–H and O–H groups in total. The maximum atomic E-state index is 13.5. The van der Waals surface area contributed by atoms with Crippen LogP contribution in [-0.2, 0) is 0 Å². The van der Waals surface area contributed by atoms with Crippen LogP contribution in [0.15, 0.2) is 56.1 Å². The van der Waals surface area contributed by atoms with E-state index in [0.29, 0.717) is 29.7 Å². The van der Waals surface area contributed by atoms with E-state index in [2.05, 4.69) is 27.8 Å². The van der Waals surface area contributed by atoms with Gasteiger partial charge in [0.1, 0.15) is 11.3 Å². The summed E-state index contributed by atoms with van der Waals surface area (Å²) >= 11 is 3.43. The molecule has 0 unspecified atom stereocenters. The molecule has 0 radical (unpaired) electrons. The average Bonchev–Trinajstić information content (AvgIpc) is 3.05. The first-order valence-corrected chi connectivity index (χ1v) is 11.6. The van der Waals surface area contributed by atoms with Crippen LogP contribution in [0.2, 0.25) is 0 Å². The number of fused-ring (bicyclic) bond motifs is 2. The zero-order valence-electron chi connectivity index (χ0n) is 18.6. The second-order valence-electron chi connectivity index (χ2n) is 8.29. The third-order valence-electron chi connectivity index (χ3n) is 5.60. The van der Waals surface area contributed by atoms with Crippen molar-refractivity contribution in [3.63, 3.8) is 0 Å². The summed E-state index contributed by atoms with van der Waals surface area (Å²) in [6.45, 7) is 4.07. The van der Waals surface area contributed by atoms with Crippen LogP contribution in [-0.4, -0.2) is 49.5 Å². The molecule has 0 aliphatic carbocycles. The lowest BCUT2D eigenvalue weighted by Gasteiger charge is -2.26. The van der Waals surface area contributed by atoms with Gasteiger partial charge in [0, 0.05) is 11.0 Å². The number of carbonyl (C=O) groups excluding carboxylic acids is 1. The van der Waals surface area contributed by atoms with Gasteiger partial charge in [-0.15, -0.1) is 0 Å². The molecule has 1 aromatic heterocycles. The molecular formula is C25H27BrN2O4. The molecule has 0 saturated heterocycles. The molecule has 7 heteroatoms. The molecular weight excluding hydrogens is 472 g/mol. The summed E-state index contributed by atoms with van der Waals surface area (Å²) in [6.07, 6.45) is 1.72. The molecule has 0 fully saturated rings. The first kappa shape index (κ1) is 22.6. The summed E-state index contributed by atoms with van der Waals surface area (Å²) in [5, 5.41) is 0.467. The van der Waals surface area contributed by atoms with Crippen molar-refractivity contribution in [2.45, 2.75) is 25.8 Å². The Morgan fingerprint density at radius 3 is 2.56 bits per heavy atom. The summed E-state index contributed by atoms with van der Waals surface area (Å²) in [5.74, 6) is 0.678. The fourth-order valence-corrected chi connectivity index (χ4v) is 4.45. The van der Waals surface area contributed by atoms with Crippen LogP contribution in [0, 0.1) is 0 Å². The van der Waals surface area contributed by atoms with Crippen LogP contribution in [0.3, 0.4) is 0 Å². The zero-order valence-corrected chi connectivity index (χ0v) is 20.1. The van der Waals surface area contributed by atoms with Gasteiger partial charge < -0.3 is 19.0 Å². The lowest BCUT2D eigenvalue weighted by molar-refractivity contribution is 0.0722. The Morgan fingerprint density at radius 2 is 1.88 bits per heavy atom. The molecule has 1 atom stereocenters. The largest absolute Gasteiger partial charge is 0.494 e. The van der Waals surface area contributed by atoms with Gasteiger partial charge in [-0.2, -0.15) is 0 Å². The Morgan fingerprint density at radius 1 is 1.12 bits per heavy atom. The summed E-state index contributed by atoms with van der Waals surface area (Å²) in [5.41, 5.74) is 1.53. The first-order valence-electron chi connectivity index (χ1n) is 10.9. The standard InChI is InChI=1S/C25H27BrN2O4/c1-4-14-31-18-9-6-16(7-10-18)22-21-23(29)19-15-17(26)8-11-20(19)32-24(21)25(30)28(22)13-5-12-27(2)3/h6-11,15,22H,4-5,12-14H2,1-3H3/t22-/m1/s1. The van der Waals surface area contributed by atoms with Crippen molar-refractivity contribution < 1.29 is 13.9 Å². The highest BCUT2D eigenvalue weighted by Gasteiger charge is 2.42. The Labute approximate surface area is 195 Å². The van der Waals surface area contributed by atoms with Crippen molar-refractivity contribution in [2.75, 3.05) is 33.8 Å². The van der Waals surface area contributed by atoms with Crippen molar-refractivity contribution in [1.82, 2.24) is 9.80 Å². The molecule has 2 heterocycles. The van der Waals surface area contributed by atoms with Crippen molar-refractivity contribution in [1.29, 1.82) is 0 Å². The lowest BCUT2D eigenvalue weighted by atomic mass is 9.98. The highest BCUT2D eigenvalue weighted by Crippen LogP contribution is 2.39. The minimum absolute atomic E-state index is 0.144. The van der Waals surface area contributed by atoms with E-state index in [1.54, 1.807) is 23.1 Å². The Kier molecular flexibility index (Phi) is 6.67. The van der Waals surface area contributed by atoms with Gasteiger partial charge in [-0.25, -0.2) is 0 Å². The van der Waals surface area contributed by atoms with Crippen LogP contribution < -0.4 is 10.2 Å². The van der Waals surface area contributed by atoms with E-state index in [1.165, 1.54) is 0 Å². The van der Waals surface area contributed by atoms with E-state index in [0.717, 1.165) is 35.2 Å². The number of hydrogen-bond donors (Lipinski definition) is 0. The van der Waals surface area contributed by atoms with Gasteiger partial charge in [-0.1, -0.05) is 35.0 Å². The third kappa shape index (κ3) is 4.32. The minimum atomic E-state index is -0.487. The third-order valence-corrected chi connectivity index (χ3v) is 6.09. The molecule has 4 rings (SSSR count). The topological polar surface area (TPSA) is 63.0 Å². The van der Waals surface area contributed by atoms with Gasteiger partial charge >= 0.3 is 0 Å². The average molecular weight is 499 g/mol. The maximum absolute atomic E-state index is 13.5. The van der Waals surface area contributed by atoms with Crippen molar-refractivity contribution in [3.8, 4) is 5.75 Å². The lowest BCUT2D eigenvalue weighted by Crippen LogP contribution is -2.32. The van der Waals surface area contributed by atoms with Crippen molar-refractivity contribution >= 4 is 32.8 Å². The molecule has 1 amide bonds. The first-order chi connectivity index (χ1) is 15.4. The number of hydrogen-bond acceptors (Lipinski definition) is 5. The number of nitrogens with zero attached hydrogens (tertiary/aromatic N) is 2. The zero-order chi connectivity index (χ0) is 22.8. The molecule has 2 aromatic carbocycles. The SMILES string of the molecule is CCCOc1ccc([C@@H]2c3c(oc4ccc(Br)cc4c3=O)C(=O)N2CCCN(C)C)cc1. The number of amides is 1. The fourth-order valence-electron chi connectivity index (χ4n) is 4.09. The quantitative estimate of drug-likeness (QED) is 0.444. The van der Waals surface area contributed by atoms with Crippen LogP contribution in [0.1, 0.15) is 47.5 Å². The molecule has 0 spiro atoms. The van der Waals surface area contributed by atoms with Crippen LogP contribution >= 0.6 is 15.9 Å². The molecule has 6 nitrogen and oxygen atoms in total. The fraction of sp³-hybridized carbons (Fsp3) is 0.360. The smallest absolute Gasteiger partial charge is 0.290 e. The van der Waals surface area contributed by atoms with E-state index in [4.69, 9.17) is 9.15 Å². The molecule has 32 heavy (non-hydrogen) atoms. The summed E-state index contributed by atoms with van der Waals surface area (Å²) in [7, 11) is 4.01. The number of halogens is 1. The van der Waals surface area contributed by atoms with Gasteiger partial charge in [0.05, 0.1) is 23.6 Å². The molecule has 168 valence electrons. The van der Waals surface area contributed by atoms with Crippen LogP contribution in [0.5, 0.6) is 5.75 Å². The molecule has 1 aliphatic heterocycles. The van der Waals surface area contributed by atoms with E-state index < -0.39 is 6.04 Å². The van der Waals surface area contributed by atoms with Crippen molar-refractivity contribution in [2.24, 2.45) is 0 Å². The second kappa shape index (κ2) is 9.46. The van der Waals surface area contributed by atoms with E-state index in [1.807, 2.05) is 38.4 Å². The minimum Gasteiger partial charge on any atom is -0.494 e. The van der Waals surface area contributed by atoms with E-state index in [9.17, 15) is 9.59 Å². The van der Waals surface area contributed by atoms with E-state index in [-0.39, 0.29) is 17.1 Å². The molecule has 3 aromatic rings. The van der Waals surface area contributed by atoms with Gasteiger partial charge in [-0.05, 0) is 69.4 Å². The second-order valence-corrected chi connectivity index (χ2v) is 9.21. The molecule has 0 bridgehead atoms. The predicted molar refractivity (Wildman–Crippen MR) is 128 cm³/mol. The number of rotatable bonds is 8. The van der Waals surface area contributed by atoms with Crippen molar-refractivity contribution in [3.05, 3.63) is 74.0 Å². The highest BCUT2D eigenvalue weighted by atomic mass is 79.9. The van der Waals surface area contributed by atoms with Gasteiger partial charge in [0.25, 0.3) is 5.91 Å². The van der Waals surface area contributed by atoms with Gasteiger partial charge in [-0.3, -0.25) is 9.59 Å². The van der Waals surface area contributed by atoms with Gasteiger partial charge in [0.15, 0.2) is 5.43 Å². The summed E-state index contributed by atoms with van der Waals surface area (Å²) < 4.78 is 12.5. The summed E-state index contributed by atoms with van der Waals surface area (Å²) in [6, 6.07) is 12.4. The monoisotopic (exact) mass is 498 g/mol. The van der Waals surface area contributed by atoms with E-state index >= 15 is 0 Å². The highest BCUT2D eigenvalue weighted by molar-refractivity contribution is 9.10. The number of ether oxygens (including phenoxy) is 1. The number of carbonyl (C=O) groups is 1. The van der Waals surface area contributed by atoms with Crippen LogP contribution in [0.4, 0.5) is 0 Å². The summed E-state index contributed by atoms with van der Waals surface area (Å²) in [4.78, 5) is 30.8. The van der Waals surface area contributed by atoms with Gasteiger partial charge in [0.2, 0.25) is 5.76 Å². The number of benzene rings is 2. The Balaban J connectivity index is 1.80. The normalized spacial score (nSPS) is 15.6. The predicted octanol–water partition coefficient (Wildman–Crippen LogP) is 4.84. The molecule has 1 aliphatic rings. The maximum Gasteiger partial charge on any atom is 0.290 e. The van der Waals surface area contributed by atoms with Crippen LogP contribution in [0.25, 0.3) is 11.0 Å². The molecule has 0 saturated carbocycles.